The summed E-state index contributed by atoms with van der Waals surface area (Å²) in [5.74, 6) is -0.906. The molecule has 0 bridgehead atoms. The third-order valence-electron chi connectivity index (χ3n) is 5.05. The number of H-pyrrole nitrogens is 1. The topological polar surface area (TPSA) is 83.1 Å². The Morgan fingerprint density at radius 1 is 1.10 bits per heavy atom. The van der Waals surface area contributed by atoms with E-state index in [4.69, 9.17) is 11.6 Å². The summed E-state index contributed by atoms with van der Waals surface area (Å²) in [5, 5.41) is 0.878. The van der Waals surface area contributed by atoms with Crippen LogP contribution in [0.3, 0.4) is 0 Å². The lowest BCUT2D eigenvalue weighted by Crippen LogP contribution is -2.37. The molecule has 0 spiro atoms. The van der Waals surface area contributed by atoms with E-state index in [1.807, 2.05) is 19.1 Å². The number of fused-ring (bicyclic) bond motifs is 1. The molecule has 0 aliphatic heterocycles. The van der Waals surface area contributed by atoms with Crippen molar-refractivity contribution in [1.29, 1.82) is 0 Å². The molecule has 0 aliphatic carbocycles. The zero-order valence-corrected chi connectivity index (χ0v) is 18.9. The lowest BCUT2D eigenvalue weighted by Gasteiger charge is -2.22. The van der Waals surface area contributed by atoms with E-state index in [2.05, 4.69) is 30.7 Å². The lowest BCUT2D eigenvalue weighted by atomic mass is 9.86. The summed E-state index contributed by atoms with van der Waals surface area (Å²) < 4.78 is 0. The number of Topliss-reactive ketones (excluding diaryl/α,β-unsaturated/α-hetero) is 1. The van der Waals surface area contributed by atoms with Crippen LogP contribution in [0.2, 0.25) is 5.02 Å². The summed E-state index contributed by atoms with van der Waals surface area (Å²) in [7, 11) is 0. The Kier molecular flexibility index (Phi) is 6.60. The van der Waals surface area contributed by atoms with E-state index >= 15 is 0 Å². The Labute approximate surface area is 186 Å². The fraction of sp³-hybridized carbons (Fsp3) is 0.333. The molecule has 6 nitrogen and oxygen atoms in total. The van der Waals surface area contributed by atoms with Gasteiger partial charge in [0.25, 0.3) is 11.5 Å². The highest BCUT2D eigenvalue weighted by molar-refractivity contribution is 6.42. The molecule has 0 unspecified atom stereocenters. The van der Waals surface area contributed by atoms with Crippen molar-refractivity contribution in [2.75, 3.05) is 6.54 Å². The van der Waals surface area contributed by atoms with E-state index in [9.17, 15) is 14.4 Å². The van der Waals surface area contributed by atoms with Gasteiger partial charge in [-0.3, -0.25) is 14.4 Å². The molecule has 1 aromatic heterocycles. The molecule has 0 fully saturated rings. The normalized spacial score (nSPS) is 11.5. The molecule has 3 aromatic rings. The minimum Gasteiger partial charge on any atom is -0.328 e. The van der Waals surface area contributed by atoms with Gasteiger partial charge in [-0.15, -0.1) is 0 Å². The summed E-state index contributed by atoms with van der Waals surface area (Å²) >= 11 is 6.02. The lowest BCUT2D eigenvalue weighted by molar-refractivity contribution is -0.127. The van der Waals surface area contributed by atoms with Crippen molar-refractivity contribution in [1.82, 2.24) is 14.9 Å². The van der Waals surface area contributed by atoms with Gasteiger partial charge in [-0.2, -0.15) is 0 Å². The molecular weight excluding hydrogens is 414 g/mol. The van der Waals surface area contributed by atoms with Crippen molar-refractivity contribution in [3.63, 3.8) is 0 Å². The molecular formula is C24H26ClN3O3. The fourth-order valence-corrected chi connectivity index (χ4v) is 3.49. The van der Waals surface area contributed by atoms with Gasteiger partial charge in [-0.1, -0.05) is 63.6 Å². The first-order valence-electron chi connectivity index (χ1n) is 10.2. The summed E-state index contributed by atoms with van der Waals surface area (Å²) in [6, 6.07) is 11.9. The van der Waals surface area contributed by atoms with E-state index in [1.54, 1.807) is 30.3 Å². The van der Waals surface area contributed by atoms with Crippen molar-refractivity contribution < 1.29 is 9.59 Å². The SMILES string of the molecule is CCCN(Cc1nc2cc(Cl)ccc2c(=O)[nH]1)C(=O)C(=O)c1ccc(C(C)(C)C)cc1. The van der Waals surface area contributed by atoms with E-state index in [0.29, 0.717) is 40.3 Å². The molecule has 0 atom stereocenters. The molecule has 0 saturated carbocycles. The quantitative estimate of drug-likeness (QED) is 0.453. The highest BCUT2D eigenvalue weighted by Gasteiger charge is 2.24. The molecule has 1 N–H and O–H groups in total. The minimum atomic E-state index is -0.626. The maximum absolute atomic E-state index is 13.0. The van der Waals surface area contributed by atoms with E-state index in [0.717, 1.165) is 5.56 Å². The largest absolute Gasteiger partial charge is 0.328 e. The van der Waals surface area contributed by atoms with Crippen molar-refractivity contribution in [3.05, 3.63) is 74.8 Å². The van der Waals surface area contributed by atoms with Crippen LogP contribution in [-0.2, 0) is 16.8 Å². The highest BCUT2D eigenvalue weighted by atomic mass is 35.5. The van der Waals surface area contributed by atoms with Crippen molar-refractivity contribution in [2.24, 2.45) is 0 Å². The smallest absolute Gasteiger partial charge is 0.295 e. The molecule has 162 valence electrons. The van der Waals surface area contributed by atoms with Gasteiger partial charge in [-0.05, 0) is 35.6 Å². The monoisotopic (exact) mass is 439 g/mol. The average Bonchev–Trinajstić information content (AvgIpc) is 2.71. The van der Waals surface area contributed by atoms with Crippen LogP contribution in [-0.4, -0.2) is 33.1 Å². The number of amides is 1. The van der Waals surface area contributed by atoms with Gasteiger partial charge in [0.15, 0.2) is 0 Å². The molecule has 31 heavy (non-hydrogen) atoms. The molecule has 3 rings (SSSR count). The number of benzene rings is 2. The van der Waals surface area contributed by atoms with Crippen LogP contribution in [0.25, 0.3) is 10.9 Å². The van der Waals surface area contributed by atoms with Crippen LogP contribution in [0.5, 0.6) is 0 Å². The van der Waals surface area contributed by atoms with Crippen molar-refractivity contribution in [2.45, 2.75) is 46.1 Å². The van der Waals surface area contributed by atoms with E-state index in [-0.39, 0.29) is 17.5 Å². The van der Waals surface area contributed by atoms with E-state index < -0.39 is 11.7 Å². The second kappa shape index (κ2) is 9.02. The standard InChI is InChI=1S/C24H26ClN3O3/c1-5-12-28(14-20-26-19-13-17(25)10-11-18(19)22(30)27-20)23(31)21(29)15-6-8-16(9-7-15)24(2,3)4/h6-11,13H,5,12,14H2,1-4H3,(H,26,27,30). The molecule has 1 heterocycles. The van der Waals surface area contributed by atoms with Gasteiger partial charge in [0.2, 0.25) is 5.78 Å². The van der Waals surface area contributed by atoms with Crippen LogP contribution >= 0.6 is 11.6 Å². The summed E-state index contributed by atoms with van der Waals surface area (Å²) in [4.78, 5) is 46.7. The van der Waals surface area contributed by atoms with E-state index in [1.165, 1.54) is 4.90 Å². The number of nitrogens with zero attached hydrogens (tertiary/aromatic N) is 2. The second-order valence-corrected chi connectivity index (χ2v) is 8.99. The van der Waals surface area contributed by atoms with Gasteiger partial charge < -0.3 is 9.88 Å². The summed E-state index contributed by atoms with van der Waals surface area (Å²) in [6.07, 6.45) is 0.658. The number of halogens is 1. The number of aromatic nitrogens is 2. The number of ketones is 1. The summed E-state index contributed by atoms with van der Waals surface area (Å²) in [5.41, 5.74) is 1.50. The van der Waals surface area contributed by atoms with Crippen LogP contribution in [0, 0.1) is 0 Å². The third kappa shape index (κ3) is 5.20. The number of carbonyl (C=O) groups excluding carboxylic acids is 2. The first-order valence-corrected chi connectivity index (χ1v) is 10.6. The number of rotatable bonds is 6. The number of carbonyl (C=O) groups is 2. The van der Waals surface area contributed by atoms with Crippen molar-refractivity contribution in [3.8, 4) is 0 Å². The molecule has 1 amide bonds. The van der Waals surface area contributed by atoms with Crippen molar-refractivity contribution >= 4 is 34.2 Å². The van der Waals surface area contributed by atoms with Crippen LogP contribution in [0.1, 0.15) is 55.9 Å². The number of hydrogen-bond donors (Lipinski definition) is 1. The molecule has 0 radical (unpaired) electrons. The first-order chi connectivity index (χ1) is 14.6. The Morgan fingerprint density at radius 3 is 2.39 bits per heavy atom. The molecule has 7 heteroatoms. The highest BCUT2D eigenvalue weighted by Crippen LogP contribution is 2.22. The van der Waals surface area contributed by atoms with Crippen LogP contribution in [0.4, 0.5) is 0 Å². The van der Waals surface area contributed by atoms with Gasteiger partial charge in [0.05, 0.1) is 17.4 Å². The fourth-order valence-electron chi connectivity index (χ4n) is 3.33. The van der Waals surface area contributed by atoms with Gasteiger partial charge in [-0.25, -0.2) is 4.98 Å². The third-order valence-corrected chi connectivity index (χ3v) is 5.28. The molecule has 0 saturated heterocycles. The predicted octanol–water partition coefficient (Wildman–Crippen LogP) is 4.50. The van der Waals surface area contributed by atoms with Gasteiger partial charge in [0.1, 0.15) is 5.82 Å². The second-order valence-electron chi connectivity index (χ2n) is 8.56. The van der Waals surface area contributed by atoms with Crippen LogP contribution in [0.15, 0.2) is 47.3 Å². The number of aromatic amines is 1. The maximum atomic E-state index is 13.0. The van der Waals surface area contributed by atoms with Crippen LogP contribution < -0.4 is 5.56 Å². The first kappa shape index (κ1) is 22.7. The zero-order chi connectivity index (χ0) is 22.8. The zero-order valence-electron chi connectivity index (χ0n) is 18.2. The number of hydrogen-bond acceptors (Lipinski definition) is 4. The molecule has 2 aromatic carbocycles. The van der Waals surface area contributed by atoms with Gasteiger partial charge in [0, 0.05) is 17.1 Å². The predicted molar refractivity (Wildman–Crippen MR) is 123 cm³/mol. The van der Waals surface area contributed by atoms with Gasteiger partial charge >= 0.3 is 0 Å². The number of nitrogens with one attached hydrogen (secondary N) is 1. The minimum absolute atomic E-state index is 0.0240. The Bertz CT molecular complexity index is 1180. The Hall–Kier alpha value is -2.99. The summed E-state index contributed by atoms with van der Waals surface area (Å²) in [6.45, 7) is 8.56. The molecule has 0 aliphatic rings. The Morgan fingerprint density at radius 2 is 1.77 bits per heavy atom. The average molecular weight is 440 g/mol. The Balaban J connectivity index is 1.86. The maximum Gasteiger partial charge on any atom is 0.295 e.